The zero-order chi connectivity index (χ0) is 21.2. The number of hydrogen-bond acceptors (Lipinski definition) is 5. The SMILES string of the molecule is O=C(NN1CCCCC1)N1CCn2nc(-c3ccc(F)cc3)c(-c3ccncc3)c2N1. The van der Waals surface area contributed by atoms with Gasteiger partial charge < -0.3 is 0 Å². The van der Waals surface area contributed by atoms with Gasteiger partial charge in [-0.05, 0) is 54.8 Å². The van der Waals surface area contributed by atoms with Crippen molar-refractivity contribution in [3.8, 4) is 22.4 Å². The normalized spacial score (nSPS) is 16.5. The molecule has 9 heteroatoms. The van der Waals surface area contributed by atoms with Crippen LogP contribution in [0.1, 0.15) is 19.3 Å². The summed E-state index contributed by atoms with van der Waals surface area (Å²) in [7, 11) is 0. The molecular formula is C22H24FN7O. The lowest BCUT2D eigenvalue weighted by Crippen LogP contribution is -2.54. The van der Waals surface area contributed by atoms with Crippen molar-refractivity contribution in [3.05, 3.63) is 54.6 Å². The van der Waals surface area contributed by atoms with E-state index in [1.54, 1.807) is 29.5 Å². The Hall–Kier alpha value is -3.46. The number of nitrogens with zero attached hydrogens (tertiary/aromatic N) is 5. The summed E-state index contributed by atoms with van der Waals surface area (Å²) in [5.41, 5.74) is 9.56. The first kappa shape index (κ1) is 19.5. The molecule has 0 saturated carbocycles. The first-order valence-corrected chi connectivity index (χ1v) is 10.6. The fourth-order valence-corrected chi connectivity index (χ4v) is 4.07. The molecule has 3 aromatic rings. The number of urea groups is 1. The summed E-state index contributed by atoms with van der Waals surface area (Å²) >= 11 is 0. The van der Waals surface area contributed by atoms with E-state index in [4.69, 9.17) is 5.10 Å². The van der Waals surface area contributed by atoms with E-state index in [2.05, 4.69) is 15.8 Å². The number of carbonyl (C=O) groups excluding carboxylic acids is 1. The van der Waals surface area contributed by atoms with Crippen LogP contribution in [0, 0.1) is 5.82 Å². The Kier molecular flexibility index (Phi) is 5.25. The van der Waals surface area contributed by atoms with Gasteiger partial charge in [0.05, 0.1) is 18.7 Å². The average Bonchev–Trinajstić information content (AvgIpc) is 3.19. The van der Waals surface area contributed by atoms with Crippen LogP contribution in [-0.2, 0) is 6.54 Å². The second-order valence-corrected chi connectivity index (χ2v) is 7.77. The van der Waals surface area contributed by atoms with E-state index in [0.29, 0.717) is 13.1 Å². The van der Waals surface area contributed by atoms with Gasteiger partial charge in [-0.1, -0.05) is 6.42 Å². The van der Waals surface area contributed by atoms with Crippen LogP contribution in [-0.4, -0.2) is 50.4 Å². The molecule has 5 rings (SSSR count). The minimum Gasteiger partial charge on any atom is -0.277 e. The third kappa shape index (κ3) is 3.96. The molecule has 0 aliphatic carbocycles. The topological polar surface area (TPSA) is 78.3 Å². The second-order valence-electron chi connectivity index (χ2n) is 7.77. The lowest BCUT2D eigenvalue weighted by molar-refractivity contribution is 0.132. The van der Waals surface area contributed by atoms with E-state index >= 15 is 0 Å². The molecule has 2 amide bonds. The number of anilines is 1. The van der Waals surface area contributed by atoms with E-state index in [1.165, 1.54) is 18.6 Å². The lowest BCUT2D eigenvalue weighted by atomic mass is 10.0. The summed E-state index contributed by atoms with van der Waals surface area (Å²) < 4.78 is 15.3. The van der Waals surface area contributed by atoms with Crippen LogP contribution in [0.15, 0.2) is 48.8 Å². The van der Waals surface area contributed by atoms with Crippen molar-refractivity contribution >= 4 is 11.8 Å². The molecule has 0 spiro atoms. The molecule has 1 fully saturated rings. The molecule has 0 atom stereocenters. The molecule has 2 aromatic heterocycles. The molecular weight excluding hydrogens is 397 g/mol. The molecule has 1 saturated heterocycles. The van der Waals surface area contributed by atoms with Gasteiger partial charge in [-0.25, -0.2) is 23.9 Å². The quantitative estimate of drug-likeness (QED) is 0.677. The third-order valence-corrected chi connectivity index (χ3v) is 5.67. The van der Waals surface area contributed by atoms with Gasteiger partial charge in [-0.15, -0.1) is 0 Å². The number of carbonyl (C=O) groups is 1. The first-order valence-electron chi connectivity index (χ1n) is 10.6. The maximum Gasteiger partial charge on any atom is 0.350 e. The Morgan fingerprint density at radius 1 is 0.935 bits per heavy atom. The largest absolute Gasteiger partial charge is 0.350 e. The Bertz CT molecular complexity index is 1060. The van der Waals surface area contributed by atoms with Crippen molar-refractivity contribution in [2.45, 2.75) is 25.8 Å². The Balaban J connectivity index is 1.48. The van der Waals surface area contributed by atoms with Gasteiger partial charge in [0.1, 0.15) is 11.5 Å². The zero-order valence-corrected chi connectivity index (χ0v) is 17.1. The highest BCUT2D eigenvalue weighted by molar-refractivity contribution is 5.90. The van der Waals surface area contributed by atoms with Gasteiger partial charge in [-0.3, -0.25) is 15.8 Å². The van der Waals surface area contributed by atoms with Crippen LogP contribution in [0.4, 0.5) is 15.0 Å². The van der Waals surface area contributed by atoms with Crippen LogP contribution in [0.25, 0.3) is 22.4 Å². The Morgan fingerprint density at radius 2 is 1.68 bits per heavy atom. The molecule has 0 radical (unpaired) electrons. The van der Waals surface area contributed by atoms with Crippen molar-refractivity contribution < 1.29 is 9.18 Å². The minimum absolute atomic E-state index is 0.182. The highest BCUT2D eigenvalue weighted by atomic mass is 19.1. The molecule has 0 unspecified atom stereocenters. The zero-order valence-electron chi connectivity index (χ0n) is 17.1. The maximum absolute atomic E-state index is 13.5. The number of hydrazine groups is 2. The molecule has 0 bridgehead atoms. The van der Waals surface area contributed by atoms with Crippen molar-refractivity contribution in [2.75, 3.05) is 25.1 Å². The number of benzene rings is 1. The van der Waals surface area contributed by atoms with Crippen molar-refractivity contribution in [2.24, 2.45) is 0 Å². The fourth-order valence-electron chi connectivity index (χ4n) is 4.07. The van der Waals surface area contributed by atoms with Crippen LogP contribution in [0.5, 0.6) is 0 Å². The maximum atomic E-state index is 13.5. The van der Waals surface area contributed by atoms with E-state index < -0.39 is 0 Å². The molecule has 1 aromatic carbocycles. The highest BCUT2D eigenvalue weighted by Gasteiger charge is 2.28. The summed E-state index contributed by atoms with van der Waals surface area (Å²) in [5, 5.41) is 8.35. The van der Waals surface area contributed by atoms with Crippen LogP contribution < -0.4 is 10.9 Å². The molecule has 2 N–H and O–H groups in total. The number of rotatable bonds is 3. The average molecular weight is 421 g/mol. The molecule has 2 aliphatic heterocycles. The van der Waals surface area contributed by atoms with Crippen molar-refractivity contribution in [1.29, 1.82) is 0 Å². The predicted molar refractivity (Wildman–Crippen MR) is 115 cm³/mol. The smallest absolute Gasteiger partial charge is 0.277 e. The number of fused-ring (bicyclic) bond motifs is 1. The van der Waals surface area contributed by atoms with Crippen molar-refractivity contribution in [1.82, 2.24) is 30.2 Å². The first-order chi connectivity index (χ1) is 15.2. The Morgan fingerprint density at radius 3 is 2.42 bits per heavy atom. The lowest BCUT2D eigenvalue weighted by Gasteiger charge is -2.33. The van der Waals surface area contributed by atoms with E-state index in [0.717, 1.165) is 54.1 Å². The number of nitrogens with one attached hydrogen (secondary N) is 2. The number of amides is 2. The third-order valence-electron chi connectivity index (χ3n) is 5.67. The van der Waals surface area contributed by atoms with Gasteiger partial charge in [-0.2, -0.15) is 5.10 Å². The Labute approximate surface area is 179 Å². The number of aromatic nitrogens is 3. The van der Waals surface area contributed by atoms with Crippen LogP contribution in [0.2, 0.25) is 0 Å². The van der Waals surface area contributed by atoms with Crippen LogP contribution in [0.3, 0.4) is 0 Å². The van der Waals surface area contributed by atoms with Gasteiger partial charge in [0, 0.05) is 31.0 Å². The van der Waals surface area contributed by atoms with E-state index in [9.17, 15) is 9.18 Å². The molecule has 160 valence electrons. The number of pyridine rings is 1. The number of piperidine rings is 1. The van der Waals surface area contributed by atoms with Gasteiger partial charge in [0.2, 0.25) is 0 Å². The molecule has 8 nitrogen and oxygen atoms in total. The molecule has 31 heavy (non-hydrogen) atoms. The summed E-state index contributed by atoms with van der Waals surface area (Å²) in [5.74, 6) is 0.433. The van der Waals surface area contributed by atoms with E-state index in [-0.39, 0.29) is 11.8 Å². The summed E-state index contributed by atoms with van der Waals surface area (Å²) in [6.07, 6.45) is 6.82. The number of hydrogen-bond donors (Lipinski definition) is 2. The molecule has 4 heterocycles. The minimum atomic E-state index is -0.295. The fraction of sp³-hybridized carbons (Fsp3) is 0.318. The second kappa shape index (κ2) is 8.35. The van der Waals surface area contributed by atoms with Gasteiger partial charge >= 0.3 is 6.03 Å². The number of halogens is 1. The molecule has 2 aliphatic rings. The summed E-state index contributed by atoms with van der Waals surface area (Å²) in [6, 6.07) is 9.91. The van der Waals surface area contributed by atoms with Gasteiger partial charge in [0.25, 0.3) is 0 Å². The summed E-state index contributed by atoms with van der Waals surface area (Å²) in [6.45, 7) is 2.77. The van der Waals surface area contributed by atoms with Crippen molar-refractivity contribution in [3.63, 3.8) is 0 Å². The van der Waals surface area contributed by atoms with E-state index in [1.807, 2.05) is 21.8 Å². The van der Waals surface area contributed by atoms with Gasteiger partial charge in [0.15, 0.2) is 5.82 Å². The highest BCUT2D eigenvalue weighted by Crippen LogP contribution is 2.38. The predicted octanol–water partition coefficient (Wildman–Crippen LogP) is 3.50. The standard InChI is InChI=1S/C22H24FN7O/c23-18-6-4-17(5-7-18)20-19(16-8-10-24-11-9-16)21-26-30(15-14-29(21)25-20)22(31)27-28-12-2-1-3-13-28/h4-11,26H,1-3,12-15H2,(H,27,31). The monoisotopic (exact) mass is 421 g/mol. The summed E-state index contributed by atoms with van der Waals surface area (Å²) in [4.78, 5) is 17.0. The van der Waals surface area contributed by atoms with Crippen LogP contribution >= 0.6 is 0 Å².